The molecule has 0 aliphatic carbocycles. The Hall–Kier alpha value is -1.07. The number of rotatable bonds is 6. The van der Waals surface area contributed by atoms with Gasteiger partial charge in [0.25, 0.3) is 0 Å². The van der Waals surface area contributed by atoms with Crippen LogP contribution in [0.5, 0.6) is 5.75 Å². The van der Waals surface area contributed by atoms with E-state index in [1.807, 2.05) is 6.92 Å². The van der Waals surface area contributed by atoms with E-state index >= 15 is 0 Å². The molecule has 0 aliphatic heterocycles. The molecular weight excluding hydrogens is 222 g/mol. The Bertz CT molecular complexity index is 371. The molecule has 0 radical (unpaired) electrons. The van der Waals surface area contributed by atoms with Crippen molar-refractivity contribution >= 4 is 12.6 Å². The number of halogens is 1. The normalized spacial score (nSPS) is 10.4. The molecule has 94 valence electrons. The van der Waals surface area contributed by atoms with Gasteiger partial charge in [0, 0.05) is 0 Å². The molecule has 1 aromatic carbocycles. The largest absolute Gasteiger partial charge is 0.530 e. The van der Waals surface area contributed by atoms with E-state index < -0.39 is 7.12 Å². The van der Waals surface area contributed by atoms with Gasteiger partial charge in [0.2, 0.25) is 0 Å². The van der Waals surface area contributed by atoms with Gasteiger partial charge in [-0.05, 0) is 42.9 Å². The maximum absolute atomic E-state index is 12.0. The lowest BCUT2D eigenvalue weighted by Crippen LogP contribution is -2.33. The molecule has 0 aromatic heterocycles. The van der Waals surface area contributed by atoms with Gasteiger partial charge in [-0.2, -0.15) is 0 Å². The zero-order valence-corrected chi connectivity index (χ0v) is 10.5. The number of unbranched alkanes of at least 4 members (excludes halogenated alkanes) is 1. The quantitative estimate of drug-likeness (QED) is 0.611. The molecular formula is C12H18BFO3. The molecule has 0 aliphatic rings. The van der Waals surface area contributed by atoms with Crippen LogP contribution in [-0.4, -0.2) is 18.7 Å². The molecule has 0 heterocycles. The van der Waals surface area contributed by atoms with Crippen molar-refractivity contribution in [1.82, 2.24) is 0 Å². The van der Waals surface area contributed by atoms with E-state index in [0.717, 1.165) is 29.7 Å². The summed E-state index contributed by atoms with van der Waals surface area (Å²) in [7, 11) is -1.53. The molecule has 0 bridgehead atoms. The first-order chi connectivity index (χ1) is 8.11. The second kappa shape index (κ2) is 6.62. The van der Waals surface area contributed by atoms with Crippen LogP contribution in [0, 0.1) is 13.8 Å². The van der Waals surface area contributed by atoms with Gasteiger partial charge in [-0.1, -0.05) is 23.9 Å². The van der Waals surface area contributed by atoms with Crippen LogP contribution in [0.1, 0.15) is 30.9 Å². The van der Waals surface area contributed by atoms with Gasteiger partial charge >= 0.3 is 7.12 Å². The van der Waals surface area contributed by atoms with Crippen LogP contribution in [0.25, 0.3) is 0 Å². The fraction of sp³-hybridized carbons (Fsp3) is 0.500. The predicted molar refractivity (Wildman–Crippen MR) is 66.1 cm³/mol. The van der Waals surface area contributed by atoms with Gasteiger partial charge in [-0.25, -0.2) is 4.86 Å². The Balaban J connectivity index is 2.86. The standard InChI is InChI=1S/C12H18BFO3/c1-4-5-8-16-12-7-6-11(13(15)17-14)9(2)10(12)3/h6-7,15H,4-5,8H2,1-3H3. The molecule has 3 nitrogen and oxygen atoms in total. The summed E-state index contributed by atoms with van der Waals surface area (Å²) >= 11 is 0. The van der Waals surface area contributed by atoms with Crippen molar-refractivity contribution < 1.29 is 19.1 Å². The maximum atomic E-state index is 12.0. The molecule has 0 unspecified atom stereocenters. The minimum Gasteiger partial charge on any atom is -0.493 e. The van der Waals surface area contributed by atoms with E-state index in [9.17, 15) is 9.55 Å². The zero-order valence-electron chi connectivity index (χ0n) is 10.5. The fourth-order valence-electron chi connectivity index (χ4n) is 1.62. The van der Waals surface area contributed by atoms with E-state index in [1.165, 1.54) is 0 Å². The van der Waals surface area contributed by atoms with Crippen molar-refractivity contribution in [1.29, 1.82) is 0 Å². The van der Waals surface area contributed by atoms with Crippen molar-refractivity contribution in [2.24, 2.45) is 0 Å². The number of hydrogen-bond donors (Lipinski definition) is 1. The number of hydrogen-bond acceptors (Lipinski definition) is 3. The lowest BCUT2D eigenvalue weighted by Gasteiger charge is -2.14. The van der Waals surface area contributed by atoms with Crippen LogP contribution in [0.2, 0.25) is 0 Å². The third-order valence-corrected chi connectivity index (χ3v) is 2.89. The monoisotopic (exact) mass is 240 g/mol. The molecule has 5 heteroatoms. The summed E-state index contributed by atoms with van der Waals surface area (Å²) in [6, 6.07) is 3.35. The lowest BCUT2D eigenvalue weighted by molar-refractivity contribution is -0.0267. The first kappa shape index (κ1) is 14.0. The maximum Gasteiger partial charge on any atom is 0.530 e. The third-order valence-electron chi connectivity index (χ3n) is 2.89. The molecule has 0 amide bonds. The van der Waals surface area contributed by atoms with Crippen LogP contribution in [0.15, 0.2) is 12.1 Å². The molecule has 0 atom stereocenters. The average Bonchev–Trinajstić information content (AvgIpc) is 2.34. The fourth-order valence-corrected chi connectivity index (χ4v) is 1.62. The Morgan fingerprint density at radius 1 is 1.29 bits per heavy atom. The van der Waals surface area contributed by atoms with E-state index in [2.05, 4.69) is 11.8 Å². The van der Waals surface area contributed by atoms with Gasteiger partial charge in [-0.15, -0.1) is 0 Å². The Morgan fingerprint density at radius 3 is 2.59 bits per heavy atom. The van der Waals surface area contributed by atoms with Crippen molar-refractivity contribution in [2.75, 3.05) is 6.61 Å². The van der Waals surface area contributed by atoms with E-state index in [1.54, 1.807) is 19.1 Å². The highest BCUT2D eigenvalue weighted by atomic mass is 19.3. The zero-order chi connectivity index (χ0) is 12.8. The van der Waals surface area contributed by atoms with Gasteiger partial charge < -0.3 is 9.76 Å². The molecule has 1 N–H and O–H groups in total. The third kappa shape index (κ3) is 3.44. The minimum atomic E-state index is -1.53. The van der Waals surface area contributed by atoms with Crippen molar-refractivity contribution in [3.8, 4) is 5.75 Å². The summed E-state index contributed by atoms with van der Waals surface area (Å²) in [5.74, 6) is 0.769. The minimum absolute atomic E-state index is 0.424. The van der Waals surface area contributed by atoms with Gasteiger partial charge in [0.15, 0.2) is 0 Å². The smallest absolute Gasteiger partial charge is 0.493 e. The second-order valence-electron chi connectivity index (χ2n) is 4.05. The van der Waals surface area contributed by atoms with Crippen LogP contribution in [-0.2, 0) is 4.86 Å². The van der Waals surface area contributed by atoms with Crippen molar-refractivity contribution in [3.05, 3.63) is 23.3 Å². The Labute approximate surface area is 102 Å². The first-order valence-corrected chi connectivity index (χ1v) is 5.80. The summed E-state index contributed by atoms with van der Waals surface area (Å²) in [6.45, 7) is 6.45. The molecule has 17 heavy (non-hydrogen) atoms. The molecule has 0 saturated carbocycles. The number of ether oxygens (including phenoxy) is 1. The average molecular weight is 240 g/mol. The van der Waals surface area contributed by atoms with Gasteiger partial charge in [0.1, 0.15) is 5.75 Å². The second-order valence-corrected chi connectivity index (χ2v) is 4.05. The number of benzene rings is 1. The summed E-state index contributed by atoms with van der Waals surface area (Å²) in [6.07, 6.45) is 2.07. The van der Waals surface area contributed by atoms with Crippen LogP contribution in [0.4, 0.5) is 4.53 Å². The van der Waals surface area contributed by atoms with E-state index in [4.69, 9.17) is 4.74 Å². The van der Waals surface area contributed by atoms with Crippen LogP contribution in [0.3, 0.4) is 0 Å². The predicted octanol–water partition coefficient (Wildman–Crippen LogP) is 2.07. The van der Waals surface area contributed by atoms with Gasteiger partial charge in [-0.3, -0.25) is 0 Å². The Kier molecular flexibility index (Phi) is 5.45. The highest BCUT2D eigenvalue weighted by molar-refractivity contribution is 6.60. The SMILES string of the molecule is CCCCOc1ccc(B(O)OF)c(C)c1C. The molecule has 1 rings (SSSR count). The molecule has 1 aromatic rings. The van der Waals surface area contributed by atoms with E-state index in [0.29, 0.717) is 12.1 Å². The summed E-state index contributed by atoms with van der Waals surface area (Å²) < 4.78 is 17.6. The highest BCUT2D eigenvalue weighted by Gasteiger charge is 2.21. The molecule has 0 fully saturated rings. The topological polar surface area (TPSA) is 38.7 Å². The Morgan fingerprint density at radius 2 is 2.00 bits per heavy atom. The summed E-state index contributed by atoms with van der Waals surface area (Å²) in [5.41, 5.74) is 2.10. The van der Waals surface area contributed by atoms with Crippen LogP contribution < -0.4 is 10.2 Å². The van der Waals surface area contributed by atoms with Crippen molar-refractivity contribution in [3.63, 3.8) is 0 Å². The van der Waals surface area contributed by atoms with Crippen LogP contribution >= 0.6 is 0 Å². The summed E-state index contributed by atoms with van der Waals surface area (Å²) in [4.78, 5) is 3.43. The molecule has 0 spiro atoms. The van der Waals surface area contributed by atoms with Crippen molar-refractivity contribution in [2.45, 2.75) is 33.6 Å². The first-order valence-electron chi connectivity index (χ1n) is 5.80. The highest BCUT2D eigenvalue weighted by Crippen LogP contribution is 2.20. The van der Waals surface area contributed by atoms with E-state index in [-0.39, 0.29) is 0 Å². The summed E-state index contributed by atoms with van der Waals surface area (Å²) in [5, 5.41) is 9.30. The van der Waals surface area contributed by atoms with Gasteiger partial charge in [0.05, 0.1) is 6.61 Å². The lowest BCUT2D eigenvalue weighted by atomic mass is 9.76. The molecule has 0 saturated heterocycles.